The van der Waals surface area contributed by atoms with Gasteiger partial charge in [0.05, 0.1) is 6.54 Å². The zero-order valence-corrected chi connectivity index (χ0v) is 10.0. The second kappa shape index (κ2) is 18.1. The Kier molecular flexibility index (Phi) is 24.5. The number of rotatable bonds is 4. The highest BCUT2D eigenvalue weighted by Gasteiger charge is 1.83. The Bertz CT molecular complexity index is 120. The first-order chi connectivity index (χ1) is 6.54. The van der Waals surface area contributed by atoms with Crippen LogP contribution in [-0.2, 0) is 9.59 Å². The molecule has 0 aromatic carbocycles. The highest BCUT2D eigenvalue weighted by Crippen LogP contribution is 1.84. The van der Waals surface area contributed by atoms with Crippen molar-refractivity contribution in [3.8, 4) is 0 Å². The third-order valence-electron chi connectivity index (χ3n) is 1.03. The van der Waals surface area contributed by atoms with Gasteiger partial charge in [0, 0.05) is 6.42 Å². The lowest BCUT2D eigenvalue weighted by Crippen LogP contribution is -2.14. The maximum absolute atomic E-state index is 10.0. The van der Waals surface area contributed by atoms with Crippen LogP contribution in [0.2, 0.25) is 0 Å². The molecule has 0 aliphatic rings. The number of carbonyl (C=O) groups excluding carboxylic acids is 2. The van der Waals surface area contributed by atoms with Gasteiger partial charge in [0.1, 0.15) is 11.6 Å². The van der Waals surface area contributed by atoms with Gasteiger partial charge in [-0.15, -0.1) is 0 Å². The van der Waals surface area contributed by atoms with Gasteiger partial charge in [0.2, 0.25) is 0 Å². The van der Waals surface area contributed by atoms with Crippen molar-refractivity contribution < 1.29 is 9.59 Å². The maximum atomic E-state index is 10.0. The molecule has 0 saturated carbocycles. The summed E-state index contributed by atoms with van der Waals surface area (Å²) in [7, 11) is 3.25. The molecule has 0 amide bonds. The van der Waals surface area contributed by atoms with Crippen LogP contribution >= 0.6 is 0 Å². The molecule has 14 heavy (non-hydrogen) atoms. The Balaban J connectivity index is -0.000000147. The maximum Gasteiger partial charge on any atom is 0.143 e. The van der Waals surface area contributed by atoms with Crippen LogP contribution in [0, 0.1) is 0 Å². The smallest absolute Gasteiger partial charge is 0.143 e. The third-order valence-corrected chi connectivity index (χ3v) is 1.03. The van der Waals surface area contributed by atoms with E-state index in [1.807, 2.05) is 6.92 Å². The molecule has 0 aliphatic carbocycles. The number of nitrogens with one attached hydrogen (secondary N) is 1. The lowest BCUT2D eigenvalue weighted by molar-refractivity contribution is -0.117. The van der Waals surface area contributed by atoms with Crippen LogP contribution in [0.15, 0.2) is 0 Å². The molecule has 0 radical (unpaired) electrons. The van der Waals surface area contributed by atoms with E-state index in [1.165, 1.54) is 7.05 Å². The topological polar surface area (TPSA) is 72.2 Å². The first-order valence-electron chi connectivity index (χ1n) is 4.75. The summed E-state index contributed by atoms with van der Waals surface area (Å²) in [4.78, 5) is 20.0. The van der Waals surface area contributed by atoms with E-state index >= 15 is 0 Å². The molecular weight excluding hydrogens is 180 g/mol. The van der Waals surface area contributed by atoms with Crippen molar-refractivity contribution in [3.63, 3.8) is 0 Å². The van der Waals surface area contributed by atoms with Crippen molar-refractivity contribution >= 4 is 11.6 Å². The summed E-state index contributed by atoms with van der Waals surface area (Å²) < 4.78 is 0. The minimum atomic E-state index is 0.178. The summed E-state index contributed by atoms with van der Waals surface area (Å²) in [6, 6.07) is 0. The van der Waals surface area contributed by atoms with Crippen molar-refractivity contribution in [3.05, 3.63) is 0 Å². The average Bonchev–Trinajstić information content (AvgIpc) is 2.08. The molecule has 0 unspecified atom stereocenters. The van der Waals surface area contributed by atoms with E-state index in [9.17, 15) is 9.59 Å². The first-order valence-corrected chi connectivity index (χ1v) is 4.75. The highest BCUT2D eigenvalue weighted by molar-refractivity contribution is 5.77. The fraction of sp³-hybridized carbons (Fsp3) is 0.800. The Labute approximate surface area is 87.2 Å². The van der Waals surface area contributed by atoms with E-state index in [4.69, 9.17) is 0 Å². The SMILES string of the molecule is CCCC(C)=O.CN.CNCC(C)=O. The van der Waals surface area contributed by atoms with Crippen molar-refractivity contribution in [1.82, 2.24) is 5.32 Å². The molecule has 4 heteroatoms. The minimum Gasteiger partial charge on any atom is -0.333 e. The monoisotopic (exact) mass is 204 g/mol. The first kappa shape index (κ1) is 18.9. The van der Waals surface area contributed by atoms with E-state index in [0.717, 1.165) is 12.8 Å². The molecule has 0 atom stereocenters. The summed E-state index contributed by atoms with van der Waals surface area (Å²) in [5.74, 6) is 0.468. The Hall–Kier alpha value is -0.740. The fourth-order valence-electron chi connectivity index (χ4n) is 0.601. The van der Waals surface area contributed by atoms with Gasteiger partial charge in [0.25, 0.3) is 0 Å². The van der Waals surface area contributed by atoms with Crippen LogP contribution in [0.3, 0.4) is 0 Å². The molecule has 0 aliphatic heterocycles. The predicted octanol–water partition coefficient (Wildman–Crippen LogP) is 0.745. The summed E-state index contributed by atoms with van der Waals surface area (Å²) in [6.45, 7) is 5.65. The summed E-state index contributed by atoms with van der Waals surface area (Å²) in [5.41, 5.74) is 4.50. The van der Waals surface area contributed by atoms with E-state index in [2.05, 4.69) is 11.1 Å². The Morgan fingerprint density at radius 2 is 1.57 bits per heavy atom. The van der Waals surface area contributed by atoms with E-state index < -0.39 is 0 Å². The third kappa shape index (κ3) is 42.8. The number of likely N-dealkylation sites (N-methyl/N-ethyl adjacent to an activating group) is 1. The highest BCUT2D eigenvalue weighted by atomic mass is 16.1. The number of hydrogen-bond acceptors (Lipinski definition) is 4. The van der Waals surface area contributed by atoms with Crippen molar-refractivity contribution in [2.75, 3.05) is 20.6 Å². The second-order valence-electron chi connectivity index (χ2n) is 2.68. The zero-order chi connectivity index (χ0) is 12.0. The molecular formula is C10H24N2O2. The van der Waals surface area contributed by atoms with Crippen molar-refractivity contribution in [2.24, 2.45) is 5.73 Å². The molecule has 0 saturated heterocycles. The average molecular weight is 204 g/mol. The van der Waals surface area contributed by atoms with E-state index in [1.54, 1.807) is 20.9 Å². The van der Waals surface area contributed by atoms with Crippen molar-refractivity contribution in [2.45, 2.75) is 33.6 Å². The quantitative estimate of drug-likeness (QED) is 0.708. The zero-order valence-electron chi connectivity index (χ0n) is 10.0. The number of Topliss-reactive ketones (excluding diaryl/α,β-unsaturated/α-hetero) is 2. The summed E-state index contributed by atoms with van der Waals surface area (Å²) >= 11 is 0. The van der Waals surface area contributed by atoms with E-state index in [0.29, 0.717) is 6.54 Å². The Morgan fingerprint density at radius 3 is 1.57 bits per heavy atom. The lowest BCUT2D eigenvalue weighted by atomic mass is 10.3. The van der Waals surface area contributed by atoms with Gasteiger partial charge in [-0.2, -0.15) is 0 Å². The van der Waals surface area contributed by atoms with Crippen LogP contribution in [-0.4, -0.2) is 32.2 Å². The Morgan fingerprint density at radius 1 is 1.14 bits per heavy atom. The number of carbonyl (C=O) groups is 2. The van der Waals surface area contributed by atoms with Crippen LogP contribution in [0.5, 0.6) is 0 Å². The molecule has 0 aromatic rings. The van der Waals surface area contributed by atoms with Gasteiger partial charge in [-0.05, 0) is 34.4 Å². The fourth-order valence-corrected chi connectivity index (χ4v) is 0.601. The van der Waals surface area contributed by atoms with Gasteiger partial charge in [-0.3, -0.25) is 4.79 Å². The van der Waals surface area contributed by atoms with Gasteiger partial charge in [-0.1, -0.05) is 6.92 Å². The van der Waals surface area contributed by atoms with Crippen LogP contribution in [0.1, 0.15) is 33.6 Å². The molecule has 86 valence electrons. The van der Waals surface area contributed by atoms with Crippen LogP contribution in [0.4, 0.5) is 0 Å². The molecule has 0 spiro atoms. The molecule has 3 N–H and O–H groups in total. The van der Waals surface area contributed by atoms with Crippen LogP contribution in [0.25, 0.3) is 0 Å². The minimum absolute atomic E-state index is 0.178. The molecule has 0 fully saturated rings. The second-order valence-corrected chi connectivity index (χ2v) is 2.68. The summed E-state index contributed by atoms with van der Waals surface area (Å²) in [5, 5.41) is 2.72. The number of ketones is 2. The predicted molar refractivity (Wildman–Crippen MR) is 60.3 cm³/mol. The molecule has 0 aromatic heterocycles. The standard InChI is InChI=1S/C5H10O.C4H9NO.CH5N/c1-3-4-5(2)6;1-4(6)3-5-2;1-2/h3-4H2,1-2H3;5H,3H2,1-2H3;2H2,1H3. The molecule has 0 rings (SSSR count). The lowest BCUT2D eigenvalue weighted by Gasteiger charge is -1.85. The van der Waals surface area contributed by atoms with Crippen molar-refractivity contribution in [1.29, 1.82) is 0 Å². The van der Waals surface area contributed by atoms with Gasteiger partial charge in [0.15, 0.2) is 0 Å². The molecule has 0 bridgehead atoms. The molecule has 0 heterocycles. The molecule has 4 nitrogen and oxygen atoms in total. The largest absolute Gasteiger partial charge is 0.333 e. The number of hydrogen-bond donors (Lipinski definition) is 2. The van der Waals surface area contributed by atoms with Crippen LogP contribution < -0.4 is 11.1 Å². The number of nitrogens with two attached hydrogens (primary N) is 1. The van der Waals surface area contributed by atoms with E-state index in [-0.39, 0.29) is 11.6 Å². The van der Waals surface area contributed by atoms with Gasteiger partial charge in [-0.25, -0.2) is 0 Å². The summed E-state index contributed by atoms with van der Waals surface area (Å²) in [6.07, 6.45) is 1.72. The normalized spacial score (nSPS) is 7.57. The van der Waals surface area contributed by atoms with Gasteiger partial charge < -0.3 is 15.8 Å². The van der Waals surface area contributed by atoms with Gasteiger partial charge >= 0.3 is 0 Å².